The molecule has 0 radical (unpaired) electrons. The van der Waals surface area contributed by atoms with E-state index < -0.39 is 22.8 Å². The first kappa shape index (κ1) is 19.6. The Bertz CT molecular complexity index is 672. The smallest absolute Gasteiger partial charge is 0.326 e. The van der Waals surface area contributed by atoms with Crippen molar-refractivity contribution in [2.24, 2.45) is 0 Å². The number of unbranched alkanes of at least 4 members (excludes halogenated alkanes) is 1. The largest absolute Gasteiger partial charge is 0.480 e. The fourth-order valence-electron chi connectivity index (χ4n) is 2.88. The van der Waals surface area contributed by atoms with E-state index in [1.54, 1.807) is 4.90 Å². The van der Waals surface area contributed by atoms with Gasteiger partial charge in [0.25, 0.3) is 11.6 Å². The Balaban J connectivity index is 2.34. The third kappa shape index (κ3) is 4.69. The lowest BCUT2D eigenvalue weighted by Gasteiger charge is -2.30. The minimum atomic E-state index is -1.12. The predicted octanol–water partition coefficient (Wildman–Crippen LogP) is 1.80. The Morgan fingerprint density at radius 1 is 1.38 bits per heavy atom. The number of nitrogens with one attached hydrogen (secondary N) is 1. The average Bonchev–Trinajstić information content (AvgIpc) is 2.64. The Kier molecular flexibility index (Phi) is 6.90. The number of para-hydroxylation sites is 1. The number of anilines is 1. The van der Waals surface area contributed by atoms with Crippen LogP contribution in [0.3, 0.4) is 0 Å². The molecule has 1 heterocycles. The van der Waals surface area contributed by atoms with Crippen molar-refractivity contribution in [1.29, 1.82) is 0 Å². The van der Waals surface area contributed by atoms with Crippen molar-refractivity contribution in [3.63, 3.8) is 0 Å². The minimum Gasteiger partial charge on any atom is -0.480 e. The zero-order chi connectivity index (χ0) is 19.1. The lowest BCUT2D eigenvalue weighted by molar-refractivity contribution is -0.384. The number of ether oxygens (including phenoxy) is 1. The molecule has 1 saturated heterocycles. The molecule has 0 unspecified atom stereocenters. The van der Waals surface area contributed by atoms with E-state index in [0.717, 1.165) is 6.42 Å². The number of aliphatic carboxylic acids is 1. The van der Waals surface area contributed by atoms with Gasteiger partial charge in [0.05, 0.1) is 23.7 Å². The van der Waals surface area contributed by atoms with Gasteiger partial charge in [0.2, 0.25) is 0 Å². The number of hydrogen-bond donors (Lipinski definition) is 2. The lowest BCUT2D eigenvalue weighted by atomic mass is 10.1. The maximum atomic E-state index is 12.7. The topological polar surface area (TPSA) is 122 Å². The first-order valence-corrected chi connectivity index (χ1v) is 8.59. The van der Waals surface area contributed by atoms with Crippen LogP contribution in [0.2, 0.25) is 0 Å². The molecule has 1 aromatic rings. The van der Waals surface area contributed by atoms with E-state index in [2.05, 4.69) is 5.32 Å². The van der Waals surface area contributed by atoms with Gasteiger partial charge in [-0.3, -0.25) is 14.9 Å². The van der Waals surface area contributed by atoms with Gasteiger partial charge < -0.3 is 20.1 Å². The summed E-state index contributed by atoms with van der Waals surface area (Å²) >= 11 is 0. The molecular weight excluding hydrogens is 342 g/mol. The maximum absolute atomic E-state index is 12.7. The van der Waals surface area contributed by atoms with Gasteiger partial charge in [-0.15, -0.1) is 0 Å². The number of morpholine rings is 1. The van der Waals surface area contributed by atoms with Crippen LogP contribution in [0.1, 0.15) is 36.5 Å². The highest BCUT2D eigenvalue weighted by Gasteiger charge is 2.29. The standard InChI is InChI=1S/C17H23N3O6/c1-2-3-6-13(17(22)23)18-16(21)12-5-4-7-14(20(24)25)15(12)19-8-10-26-11-9-19/h4-5,7,13H,2-3,6,8-11H2,1H3,(H,18,21)(H,22,23)/t13-/m0/s1. The molecule has 0 saturated carbocycles. The zero-order valence-corrected chi connectivity index (χ0v) is 14.6. The van der Waals surface area contributed by atoms with E-state index in [-0.39, 0.29) is 16.9 Å². The molecule has 2 N–H and O–H groups in total. The van der Waals surface area contributed by atoms with Crippen molar-refractivity contribution in [3.05, 3.63) is 33.9 Å². The van der Waals surface area contributed by atoms with Crippen LogP contribution in [0, 0.1) is 10.1 Å². The van der Waals surface area contributed by atoms with Gasteiger partial charge in [-0.1, -0.05) is 25.8 Å². The number of amides is 1. The number of benzene rings is 1. The molecule has 142 valence electrons. The van der Waals surface area contributed by atoms with E-state index in [9.17, 15) is 24.8 Å². The average molecular weight is 365 g/mol. The number of carbonyl (C=O) groups excluding carboxylic acids is 1. The Morgan fingerprint density at radius 3 is 2.65 bits per heavy atom. The molecule has 9 heteroatoms. The first-order chi connectivity index (χ1) is 12.5. The van der Waals surface area contributed by atoms with Gasteiger partial charge in [-0.25, -0.2) is 4.79 Å². The van der Waals surface area contributed by atoms with Crippen LogP contribution in [0.4, 0.5) is 11.4 Å². The predicted molar refractivity (Wildman–Crippen MR) is 94.5 cm³/mol. The number of carboxylic acid groups (broad SMARTS) is 1. The fraction of sp³-hybridized carbons (Fsp3) is 0.529. The second kappa shape index (κ2) is 9.14. The number of hydrogen-bond acceptors (Lipinski definition) is 6. The van der Waals surface area contributed by atoms with Gasteiger partial charge in [0, 0.05) is 19.2 Å². The molecule has 1 amide bonds. The van der Waals surface area contributed by atoms with Crippen LogP contribution in [-0.2, 0) is 9.53 Å². The molecule has 0 bridgehead atoms. The summed E-state index contributed by atoms with van der Waals surface area (Å²) in [5.74, 6) is -1.75. The summed E-state index contributed by atoms with van der Waals surface area (Å²) in [4.78, 5) is 36.7. The van der Waals surface area contributed by atoms with Crippen molar-refractivity contribution < 1.29 is 24.4 Å². The molecule has 1 aromatic carbocycles. The number of rotatable bonds is 8. The van der Waals surface area contributed by atoms with Crippen LogP contribution in [0.25, 0.3) is 0 Å². The van der Waals surface area contributed by atoms with Gasteiger partial charge in [-0.2, -0.15) is 0 Å². The first-order valence-electron chi connectivity index (χ1n) is 8.59. The van der Waals surface area contributed by atoms with Gasteiger partial charge in [0.15, 0.2) is 0 Å². The molecule has 26 heavy (non-hydrogen) atoms. The summed E-state index contributed by atoms with van der Waals surface area (Å²) in [6.45, 7) is 3.58. The van der Waals surface area contributed by atoms with Crippen molar-refractivity contribution in [2.45, 2.75) is 32.2 Å². The third-order valence-electron chi connectivity index (χ3n) is 4.23. The number of carbonyl (C=O) groups is 2. The van der Waals surface area contributed by atoms with Crippen LogP contribution < -0.4 is 10.2 Å². The molecule has 1 atom stereocenters. The summed E-state index contributed by atoms with van der Waals surface area (Å²) in [6.07, 6.45) is 1.76. The Morgan fingerprint density at radius 2 is 2.08 bits per heavy atom. The molecule has 0 spiro atoms. The van der Waals surface area contributed by atoms with Crippen LogP contribution >= 0.6 is 0 Å². The van der Waals surface area contributed by atoms with E-state index >= 15 is 0 Å². The van der Waals surface area contributed by atoms with Crippen molar-refractivity contribution in [1.82, 2.24) is 5.32 Å². The van der Waals surface area contributed by atoms with E-state index in [1.807, 2.05) is 6.92 Å². The summed E-state index contributed by atoms with van der Waals surface area (Å²) < 4.78 is 5.27. The highest BCUT2D eigenvalue weighted by Crippen LogP contribution is 2.32. The van der Waals surface area contributed by atoms with E-state index in [4.69, 9.17) is 4.74 Å². The summed E-state index contributed by atoms with van der Waals surface area (Å²) in [5, 5.41) is 23.2. The highest BCUT2D eigenvalue weighted by atomic mass is 16.6. The normalized spacial score (nSPS) is 15.3. The fourth-order valence-corrected chi connectivity index (χ4v) is 2.88. The number of carboxylic acids is 1. The third-order valence-corrected chi connectivity index (χ3v) is 4.23. The molecule has 0 aromatic heterocycles. The molecule has 1 aliphatic heterocycles. The summed E-state index contributed by atoms with van der Waals surface area (Å²) in [7, 11) is 0. The molecular formula is C17H23N3O6. The molecule has 2 rings (SSSR count). The van der Waals surface area contributed by atoms with Crippen LogP contribution in [0.15, 0.2) is 18.2 Å². The van der Waals surface area contributed by atoms with Crippen LogP contribution in [0.5, 0.6) is 0 Å². The highest BCUT2D eigenvalue weighted by molar-refractivity contribution is 6.03. The lowest BCUT2D eigenvalue weighted by Crippen LogP contribution is -2.42. The van der Waals surface area contributed by atoms with Crippen molar-refractivity contribution >= 4 is 23.3 Å². The number of nitrogens with zero attached hydrogens (tertiary/aromatic N) is 2. The second-order valence-corrected chi connectivity index (χ2v) is 6.04. The van der Waals surface area contributed by atoms with Crippen LogP contribution in [-0.4, -0.2) is 54.3 Å². The van der Waals surface area contributed by atoms with Gasteiger partial charge in [0.1, 0.15) is 11.7 Å². The number of nitro groups is 1. The molecule has 1 aliphatic rings. The SMILES string of the molecule is CCCC[C@H](NC(=O)c1cccc([N+](=O)[O-])c1N1CCOCC1)C(=O)O. The van der Waals surface area contributed by atoms with Gasteiger partial charge >= 0.3 is 5.97 Å². The summed E-state index contributed by atoms with van der Waals surface area (Å²) in [5.41, 5.74) is 0.127. The quantitative estimate of drug-likeness (QED) is 0.532. The zero-order valence-electron chi connectivity index (χ0n) is 14.6. The molecule has 9 nitrogen and oxygen atoms in total. The van der Waals surface area contributed by atoms with Gasteiger partial charge in [-0.05, 0) is 12.5 Å². The number of nitro benzene ring substituents is 1. The Hall–Kier alpha value is -2.68. The van der Waals surface area contributed by atoms with E-state index in [1.165, 1.54) is 18.2 Å². The van der Waals surface area contributed by atoms with E-state index in [0.29, 0.717) is 39.1 Å². The van der Waals surface area contributed by atoms with Crippen molar-refractivity contribution in [3.8, 4) is 0 Å². The maximum Gasteiger partial charge on any atom is 0.326 e. The summed E-state index contributed by atoms with van der Waals surface area (Å²) in [6, 6.07) is 3.22. The molecule has 0 aliphatic carbocycles. The molecule has 1 fully saturated rings. The second-order valence-electron chi connectivity index (χ2n) is 6.04. The Labute approximate surface area is 151 Å². The minimum absolute atomic E-state index is 0.101. The monoisotopic (exact) mass is 365 g/mol. The van der Waals surface area contributed by atoms with Crippen molar-refractivity contribution in [2.75, 3.05) is 31.2 Å².